The number of thiazole rings is 1. The second kappa shape index (κ2) is 9.43. The summed E-state index contributed by atoms with van der Waals surface area (Å²) in [6, 6.07) is 7.33. The number of anilines is 2. The Bertz CT molecular complexity index is 834. The number of halogens is 2. The van der Waals surface area contributed by atoms with Crippen molar-refractivity contribution in [3.63, 3.8) is 0 Å². The minimum Gasteiger partial charge on any atom is -0.369 e. The molecule has 5 nitrogen and oxygen atoms in total. The number of aromatic nitrogens is 1. The van der Waals surface area contributed by atoms with E-state index < -0.39 is 0 Å². The molecule has 1 aromatic heterocycles. The van der Waals surface area contributed by atoms with Crippen LogP contribution >= 0.6 is 27.3 Å². The van der Waals surface area contributed by atoms with Crippen molar-refractivity contribution in [2.45, 2.75) is 57.0 Å². The van der Waals surface area contributed by atoms with Gasteiger partial charge in [-0.3, -0.25) is 5.32 Å². The second-order valence-electron chi connectivity index (χ2n) is 7.77. The highest BCUT2D eigenvalue weighted by Crippen LogP contribution is 2.31. The second-order valence-corrected chi connectivity index (χ2v) is 10.2. The number of hydrogen-bond donors (Lipinski definition) is 1. The average Bonchev–Trinajstić information content (AvgIpc) is 3.14. The number of nitrogens with zero attached hydrogens (tertiary/aromatic N) is 3. The van der Waals surface area contributed by atoms with Gasteiger partial charge in [-0.25, -0.2) is 14.2 Å². The van der Waals surface area contributed by atoms with Gasteiger partial charge in [0.05, 0.1) is 15.7 Å². The van der Waals surface area contributed by atoms with Crippen molar-refractivity contribution in [3.05, 3.63) is 40.1 Å². The molecule has 0 unspecified atom stereocenters. The molecule has 1 N–H and O–H groups in total. The molecule has 1 saturated carbocycles. The fourth-order valence-corrected chi connectivity index (χ4v) is 5.65. The van der Waals surface area contributed by atoms with Gasteiger partial charge in [-0.2, -0.15) is 0 Å². The summed E-state index contributed by atoms with van der Waals surface area (Å²) in [5, 5.41) is 3.62. The smallest absolute Gasteiger partial charge is 0.324 e. The number of amides is 2. The molecule has 0 atom stereocenters. The minimum absolute atomic E-state index is 0.0527. The fourth-order valence-electron chi connectivity index (χ4n) is 4.55. The Morgan fingerprint density at radius 3 is 2.48 bits per heavy atom. The van der Waals surface area contributed by atoms with Crippen LogP contribution in [0.5, 0.6) is 0 Å². The van der Waals surface area contributed by atoms with E-state index in [1.165, 1.54) is 36.7 Å². The highest BCUT2D eigenvalue weighted by atomic mass is 79.9. The number of rotatable bonds is 4. The highest BCUT2D eigenvalue weighted by Gasteiger charge is 2.34. The van der Waals surface area contributed by atoms with E-state index >= 15 is 0 Å². The molecule has 2 aliphatic rings. The van der Waals surface area contributed by atoms with Crippen molar-refractivity contribution in [1.29, 1.82) is 0 Å². The third-order valence-corrected chi connectivity index (χ3v) is 7.34. The number of carbonyl (C=O) groups excluding carboxylic acids is 1. The molecule has 0 radical (unpaired) electrons. The van der Waals surface area contributed by atoms with E-state index in [0.717, 1.165) is 42.6 Å². The summed E-state index contributed by atoms with van der Waals surface area (Å²) in [7, 11) is 0. The summed E-state index contributed by atoms with van der Waals surface area (Å²) in [4.78, 5) is 21.6. The topological polar surface area (TPSA) is 48.5 Å². The van der Waals surface area contributed by atoms with Crippen molar-refractivity contribution in [2.75, 3.05) is 23.3 Å². The predicted octanol–water partition coefficient (Wildman–Crippen LogP) is 5.88. The van der Waals surface area contributed by atoms with E-state index in [4.69, 9.17) is 0 Å². The molecule has 156 valence electrons. The number of benzene rings is 1. The van der Waals surface area contributed by atoms with E-state index in [9.17, 15) is 9.18 Å². The molecule has 1 aliphatic carbocycles. The number of nitrogens with one attached hydrogen (secondary N) is 1. The maximum Gasteiger partial charge on any atom is 0.324 e. The lowest BCUT2D eigenvalue weighted by molar-refractivity contribution is 0.120. The van der Waals surface area contributed by atoms with Crippen LogP contribution in [0.4, 0.5) is 20.0 Å². The van der Waals surface area contributed by atoms with Crippen LogP contribution in [0, 0.1) is 5.82 Å². The summed E-state index contributed by atoms with van der Waals surface area (Å²) < 4.78 is 15.1. The first kappa shape index (κ1) is 20.6. The third kappa shape index (κ3) is 4.91. The lowest BCUT2D eigenvalue weighted by Crippen LogP contribution is -2.53. The van der Waals surface area contributed by atoms with Crippen molar-refractivity contribution < 1.29 is 9.18 Å². The molecule has 1 aromatic carbocycles. The monoisotopic (exact) mass is 480 g/mol. The van der Waals surface area contributed by atoms with Crippen LogP contribution in [0.1, 0.15) is 44.9 Å². The first-order valence-corrected chi connectivity index (χ1v) is 11.9. The SMILES string of the molecule is O=C(Nc1ncc(Br)s1)N(C1CCCCC1)C1CCN(c2ccccc2F)CC1. The van der Waals surface area contributed by atoms with Crippen LogP contribution in [-0.4, -0.2) is 41.1 Å². The zero-order valence-electron chi connectivity index (χ0n) is 16.3. The molecule has 0 bridgehead atoms. The zero-order valence-corrected chi connectivity index (χ0v) is 18.7. The van der Waals surface area contributed by atoms with E-state index in [-0.39, 0.29) is 23.9 Å². The first-order valence-electron chi connectivity index (χ1n) is 10.3. The Morgan fingerprint density at radius 2 is 1.83 bits per heavy atom. The first-order chi connectivity index (χ1) is 14.1. The molecule has 2 heterocycles. The van der Waals surface area contributed by atoms with Crippen molar-refractivity contribution in [1.82, 2.24) is 9.88 Å². The van der Waals surface area contributed by atoms with Crippen molar-refractivity contribution >= 4 is 44.1 Å². The molecule has 0 spiro atoms. The summed E-state index contributed by atoms with van der Waals surface area (Å²) in [6.45, 7) is 1.51. The largest absolute Gasteiger partial charge is 0.369 e. The van der Waals surface area contributed by atoms with Gasteiger partial charge in [0.2, 0.25) is 0 Å². The van der Waals surface area contributed by atoms with Gasteiger partial charge < -0.3 is 9.80 Å². The lowest BCUT2D eigenvalue weighted by atomic mass is 9.91. The molecule has 1 aliphatic heterocycles. The normalized spacial score (nSPS) is 18.6. The number of carbonyl (C=O) groups is 1. The van der Waals surface area contributed by atoms with Gasteiger partial charge in [0.1, 0.15) is 5.82 Å². The molecule has 29 heavy (non-hydrogen) atoms. The minimum atomic E-state index is -0.179. The van der Waals surface area contributed by atoms with Gasteiger partial charge in [-0.05, 0) is 53.7 Å². The Kier molecular flexibility index (Phi) is 6.70. The fraction of sp³-hybridized carbons (Fsp3) is 0.524. The summed E-state index contributed by atoms with van der Waals surface area (Å²) >= 11 is 4.82. The van der Waals surface area contributed by atoms with Crippen LogP contribution < -0.4 is 10.2 Å². The van der Waals surface area contributed by atoms with Crippen LogP contribution in [0.15, 0.2) is 34.2 Å². The molecule has 2 aromatic rings. The Hall–Kier alpha value is -1.67. The van der Waals surface area contributed by atoms with Crippen LogP contribution in [0.3, 0.4) is 0 Å². The third-order valence-electron chi connectivity index (χ3n) is 5.94. The average molecular weight is 481 g/mol. The molecule has 2 amide bonds. The van der Waals surface area contributed by atoms with Crippen molar-refractivity contribution in [2.24, 2.45) is 0 Å². The number of hydrogen-bond acceptors (Lipinski definition) is 4. The van der Waals surface area contributed by atoms with E-state index in [1.807, 2.05) is 12.1 Å². The van der Waals surface area contributed by atoms with E-state index in [0.29, 0.717) is 10.8 Å². The predicted molar refractivity (Wildman–Crippen MR) is 119 cm³/mol. The summed E-state index contributed by atoms with van der Waals surface area (Å²) in [6.07, 6.45) is 9.11. The van der Waals surface area contributed by atoms with Gasteiger partial charge in [0, 0.05) is 25.2 Å². The number of urea groups is 1. The standard InChI is InChI=1S/C21H26BrFN4OS/c22-19-14-24-20(29-19)25-21(28)27(15-6-2-1-3-7-15)16-10-12-26(13-11-16)18-9-5-4-8-17(18)23/h4-5,8-9,14-16H,1-3,6-7,10-13H2,(H,24,25,28). The molecule has 1 saturated heterocycles. The van der Waals surface area contributed by atoms with Crippen LogP contribution in [0.2, 0.25) is 0 Å². The van der Waals surface area contributed by atoms with Gasteiger partial charge in [-0.15, -0.1) is 0 Å². The van der Waals surface area contributed by atoms with Crippen molar-refractivity contribution in [3.8, 4) is 0 Å². The highest BCUT2D eigenvalue weighted by molar-refractivity contribution is 9.11. The van der Waals surface area contributed by atoms with Crippen LogP contribution in [-0.2, 0) is 0 Å². The summed E-state index contributed by atoms with van der Waals surface area (Å²) in [5.41, 5.74) is 0.659. The Balaban J connectivity index is 1.46. The zero-order chi connectivity index (χ0) is 20.2. The molecule has 2 fully saturated rings. The van der Waals surface area contributed by atoms with Crippen LogP contribution in [0.25, 0.3) is 0 Å². The lowest BCUT2D eigenvalue weighted by Gasteiger charge is -2.44. The van der Waals surface area contributed by atoms with Gasteiger partial charge in [0.25, 0.3) is 0 Å². The molecular weight excluding hydrogens is 455 g/mol. The van der Waals surface area contributed by atoms with E-state index in [2.05, 4.69) is 36.0 Å². The molecule has 4 rings (SSSR count). The van der Waals surface area contributed by atoms with Gasteiger partial charge in [-0.1, -0.05) is 42.7 Å². The van der Waals surface area contributed by atoms with E-state index in [1.54, 1.807) is 12.3 Å². The van der Waals surface area contributed by atoms with Gasteiger partial charge in [0.15, 0.2) is 5.13 Å². The number of para-hydroxylation sites is 1. The maximum absolute atomic E-state index is 14.2. The number of piperidine rings is 1. The quantitative estimate of drug-likeness (QED) is 0.594. The summed E-state index contributed by atoms with van der Waals surface area (Å²) in [5.74, 6) is -0.179. The molecular formula is C21H26BrFN4OS. The Morgan fingerprint density at radius 1 is 1.14 bits per heavy atom. The molecule has 8 heteroatoms. The van der Waals surface area contributed by atoms with Gasteiger partial charge >= 0.3 is 6.03 Å². The Labute approximate surface area is 183 Å². The maximum atomic E-state index is 14.2.